The van der Waals surface area contributed by atoms with Gasteiger partial charge in [-0.1, -0.05) is 43.7 Å². The lowest BCUT2D eigenvalue weighted by Gasteiger charge is -2.18. The summed E-state index contributed by atoms with van der Waals surface area (Å²) in [5.41, 5.74) is 1.97. The summed E-state index contributed by atoms with van der Waals surface area (Å²) in [6, 6.07) is 11.3. The molecule has 11 heteroatoms. The molecule has 1 N–H and O–H groups in total. The Bertz CT molecular complexity index is 1270. The monoisotopic (exact) mass is 496 g/mol. The number of imidazole rings is 1. The first kappa shape index (κ1) is 25.7. The van der Waals surface area contributed by atoms with E-state index in [0.29, 0.717) is 0 Å². The molecule has 34 heavy (non-hydrogen) atoms. The van der Waals surface area contributed by atoms with Crippen molar-refractivity contribution in [3.05, 3.63) is 59.4 Å². The first-order chi connectivity index (χ1) is 16.0. The number of aryl methyl sites for hydroxylation is 2. The van der Waals surface area contributed by atoms with Gasteiger partial charge in [-0.15, -0.1) is 0 Å². The molecule has 0 unspecified atom stereocenters. The Hall–Kier alpha value is -2.92. The maximum absolute atomic E-state index is 13.7. The minimum Gasteiger partial charge on any atom is -0.352 e. The number of hydrogen-bond acceptors (Lipinski definition) is 4. The van der Waals surface area contributed by atoms with E-state index in [1.54, 1.807) is 13.8 Å². The van der Waals surface area contributed by atoms with Crippen LogP contribution in [0.2, 0.25) is 0 Å². The smallest absolute Gasteiger partial charge is 0.352 e. The van der Waals surface area contributed by atoms with Crippen LogP contribution in [0.5, 0.6) is 0 Å². The van der Waals surface area contributed by atoms with E-state index in [-0.39, 0.29) is 48.5 Å². The highest BCUT2D eigenvalue weighted by molar-refractivity contribution is 7.89. The van der Waals surface area contributed by atoms with Crippen molar-refractivity contribution in [2.45, 2.75) is 51.4 Å². The third kappa shape index (κ3) is 5.58. The van der Waals surface area contributed by atoms with E-state index >= 15 is 0 Å². The Morgan fingerprint density at radius 2 is 1.74 bits per heavy atom. The maximum atomic E-state index is 13.7. The van der Waals surface area contributed by atoms with Gasteiger partial charge in [0.05, 0.1) is 15.9 Å². The molecule has 0 aliphatic heterocycles. The van der Waals surface area contributed by atoms with Gasteiger partial charge in [0.15, 0.2) is 0 Å². The number of carbonyl (C=O) groups excluding carboxylic acids is 1. The fourth-order valence-electron chi connectivity index (χ4n) is 3.63. The Kier molecular flexibility index (Phi) is 7.67. The van der Waals surface area contributed by atoms with Crippen molar-refractivity contribution in [1.82, 2.24) is 19.2 Å². The highest BCUT2D eigenvalue weighted by Crippen LogP contribution is 2.32. The van der Waals surface area contributed by atoms with Crippen molar-refractivity contribution in [1.29, 1.82) is 0 Å². The van der Waals surface area contributed by atoms with E-state index < -0.39 is 27.9 Å². The number of carbonyl (C=O) groups is 1. The lowest BCUT2D eigenvalue weighted by atomic mass is 10.1. The van der Waals surface area contributed by atoms with Crippen LogP contribution in [0.25, 0.3) is 11.0 Å². The number of nitrogens with zero attached hydrogens (tertiary/aromatic N) is 3. The van der Waals surface area contributed by atoms with Crippen LogP contribution in [0.4, 0.5) is 13.2 Å². The largest absolute Gasteiger partial charge is 0.449 e. The van der Waals surface area contributed by atoms with Crippen LogP contribution >= 0.6 is 0 Å². The summed E-state index contributed by atoms with van der Waals surface area (Å²) in [6.07, 6.45) is -4.96. The molecule has 0 fully saturated rings. The topological polar surface area (TPSA) is 84.3 Å². The highest BCUT2D eigenvalue weighted by atomic mass is 32.2. The Balaban J connectivity index is 1.84. The number of benzene rings is 2. The van der Waals surface area contributed by atoms with Crippen LogP contribution < -0.4 is 5.32 Å². The standard InChI is InChI=1S/C23H27F3N4O3S/c1-4-29(5-2)34(32,33)18-10-11-20-19(14-18)28-22(23(24,25)26)30(20)13-12-21(31)27-15-17-8-6-16(3)7-9-17/h6-11,14H,4-5,12-13,15H2,1-3H3,(H,27,31). The van der Waals surface area contributed by atoms with Gasteiger partial charge in [0.1, 0.15) is 0 Å². The van der Waals surface area contributed by atoms with Crippen LogP contribution in [-0.2, 0) is 34.1 Å². The number of amides is 1. The molecule has 1 aromatic heterocycles. The van der Waals surface area contributed by atoms with Gasteiger partial charge < -0.3 is 9.88 Å². The van der Waals surface area contributed by atoms with Gasteiger partial charge in [-0.05, 0) is 30.7 Å². The average Bonchev–Trinajstić information content (AvgIpc) is 3.16. The van der Waals surface area contributed by atoms with Crippen molar-refractivity contribution in [3.63, 3.8) is 0 Å². The van der Waals surface area contributed by atoms with Crippen molar-refractivity contribution in [2.75, 3.05) is 13.1 Å². The molecule has 3 aromatic rings. The third-order valence-electron chi connectivity index (χ3n) is 5.49. The summed E-state index contributed by atoms with van der Waals surface area (Å²) < 4.78 is 68.7. The number of fused-ring (bicyclic) bond motifs is 1. The van der Waals surface area contributed by atoms with E-state index in [1.807, 2.05) is 31.2 Å². The Morgan fingerprint density at radius 1 is 1.09 bits per heavy atom. The van der Waals surface area contributed by atoms with E-state index in [1.165, 1.54) is 16.4 Å². The Morgan fingerprint density at radius 3 is 2.32 bits per heavy atom. The van der Waals surface area contributed by atoms with Gasteiger partial charge >= 0.3 is 6.18 Å². The summed E-state index contributed by atoms with van der Waals surface area (Å²) in [7, 11) is -3.86. The molecule has 2 aromatic carbocycles. The van der Waals surface area contributed by atoms with Gasteiger partial charge in [0.25, 0.3) is 0 Å². The van der Waals surface area contributed by atoms with Crippen LogP contribution in [0, 0.1) is 6.92 Å². The summed E-state index contributed by atoms with van der Waals surface area (Å²) in [6.45, 7) is 5.78. The fraction of sp³-hybridized carbons (Fsp3) is 0.391. The number of aromatic nitrogens is 2. The second kappa shape index (κ2) is 10.1. The number of nitrogens with one attached hydrogen (secondary N) is 1. The molecule has 0 aliphatic rings. The second-order valence-corrected chi connectivity index (χ2v) is 9.77. The Labute approximate surface area is 196 Å². The molecular formula is C23H27F3N4O3S. The summed E-state index contributed by atoms with van der Waals surface area (Å²) >= 11 is 0. The zero-order valence-electron chi connectivity index (χ0n) is 19.2. The lowest BCUT2D eigenvalue weighted by molar-refractivity contribution is -0.147. The van der Waals surface area contributed by atoms with E-state index in [2.05, 4.69) is 10.3 Å². The zero-order valence-corrected chi connectivity index (χ0v) is 20.0. The molecule has 0 aliphatic carbocycles. The van der Waals surface area contributed by atoms with Gasteiger partial charge in [0.2, 0.25) is 21.8 Å². The SMILES string of the molecule is CCN(CC)S(=O)(=O)c1ccc2c(c1)nc(C(F)(F)F)n2CCC(=O)NCc1ccc(C)cc1. The van der Waals surface area contributed by atoms with Gasteiger partial charge in [-0.25, -0.2) is 13.4 Å². The molecule has 0 bridgehead atoms. The summed E-state index contributed by atoms with van der Waals surface area (Å²) in [4.78, 5) is 15.8. The minimum absolute atomic E-state index is 0.0966. The summed E-state index contributed by atoms with van der Waals surface area (Å²) in [5.74, 6) is -1.58. The molecular weight excluding hydrogens is 469 g/mol. The van der Waals surface area contributed by atoms with Crippen LogP contribution in [0.3, 0.4) is 0 Å². The molecule has 0 atom stereocenters. The number of hydrogen-bond donors (Lipinski definition) is 1. The number of alkyl halides is 3. The molecule has 0 saturated heterocycles. The van der Waals surface area contributed by atoms with E-state index in [9.17, 15) is 26.4 Å². The van der Waals surface area contributed by atoms with Crippen LogP contribution in [0.1, 0.15) is 37.2 Å². The number of rotatable bonds is 9. The number of sulfonamides is 1. The molecule has 7 nitrogen and oxygen atoms in total. The minimum atomic E-state index is -4.77. The maximum Gasteiger partial charge on any atom is 0.449 e. The first-order valence-electron chi connectivity index (χ1n) is 10.9. The molecule has 0 spiro atoms. The summed E-state index contributed by atoms with van der Waals surface area (Å²) in [5, 5.41) is 2.70. The average molecular weight is 497 g/mol. The van der Waals surface area contributed by atoms with Gasteiger partial charge in [-0.3, -0.25) is 4.79 Å². The number of halogens is 3. The lowest BCUT2D eigenvalue weighted by Crippen LogP contribution is -2.30. The van der Waals surface area contributed by atoms with E-state index in [0.717, 1.165) is 21.8 Å². The van der Waals surface area contributed by atoms with Gasteiger partial charge in [-0.2, -0.15) is 17.5 Å². The molecule has 0 saturated carbocycles. The fourth-order valence-corrected chi connectivity index (χ4v) is 5.11. The quantitative estimate of drug-likeness (QED) is 0.484. The predicted molar refractivity (Wildman–Crippen MR) is 122 cm³/mol. The van der Waals surface area contributed by atoms with Crippen molar-refractivity contribution in [2.24, 2.45) is 0 Å². The first-order valence-corrected chi connectivity index (χ1v) is 12.3. The van der Waals surface area contributed by atoms with E-state index in [4.69, 9.17) is 0 Å². The highest BCUT2D eigenvalue weighted by Gasteiger charge is 2.38. The van der Waals surface area contributed by atoms with Crippen molar-refractivity contribution >= 4 is 27.0 Å². The van der Waals surface area contributed by atoms with Crippen molar-refractivity contribution in [3.8, 4) is 0 Å². The zero-order chi connectivity index (χ0) is 25.1. The molecule has 184 valence electrons. The van der Waals surface area contributed by atoms with Crippen LogP contribution in [0.15, 0.2) is 47.4 Å². The third-order valence-corrected chi connectivity index (χ3v) is 7.54. The van der Waals surface area contributed by atoms with Gasteiger partial charge in [0, 0.05) is 32.6 Å². The second-order valence-electron chi connectivity index (χ2n) is 7.84. The molecule has 3 rings (SSSR count). The van der Waals surface area contributed by atoms with Crippen molar-refractivity contribution < 1.29 is 26.4 Å². The molecule has 1 heterocycles. The normalized spacial score (nSPS) is 12.4. The molecule has 0 radical (unpaired) electrons. The van der Waals surface area contributed by atoms with Crippen LogP contribution in [-0.4, -0.2) is 41.3 Å². The predicted octanol–water partition coefficient (Wildman–Crippen LogP) is 4.10. The molecule has 1 amide bonds.